The van der Waals surface area contributed by atoms with Gasteiger partial charge in [-0.05, 0) is 12.1 Å². The van der Waals surface area contributed by atoms with Gasteiger partial charge in [0.15, 0.2) is 0 Å². The average molecular weight is 188 g/mol. The lowest BCUT2D eigenvalue weighted by Crippen LogP contribution is -1.87. The molecule has 0 amide bonds. The van der Waals surface area contributed by atoms with Gasteiger partial charge in [0.25, 0.3) is 5.69 Å². The van der Waals surface area contributed by atoms with Crippen molar-refractivity contribution in [3.8, 4) is 0 Å². The predicted octanol–water partition coefficient (Wildman–Crippen LogP) is 2.41. The van der Waals surface area contributed by atoms with Crippen LogP contribution in [0, 0.1) is 10.1 Å². The predicted molar refractivity (Wildman–Crippen MR) is 54.2 cm³/mol. The van der Waals surface area contributed by atoms with Crippen LogP contribution in [0.4, 0.5) is 5.69 Å². The van der Waals surface area contributed by atoms with Gasteiger partial charge in [-0.25, -0.2) is 0 Å². The maximum absolute atomic E-state index is 10.4. The van der Waals surface area contributed by atoms with Crippen LogP contribution in [0.25, 0.3) is 5.70 Å². The highest BCUT2D eigenvalue weighted by atomic mass is 16.6. The van der Waals surface area contributed by atoms with E-state index >= 15 is 0 Å². The monoisotopic (exact) mass is 188 g/mol. The van der Waals surface area contributed by atoms with Crippen molar-refractivity contribution in [2.45, 2.75) is 6.42 Å². The molecule has 1 heterocycles. The maximum Gasteiger partial charge on any atom is 0.269 e. The van der Waals surface area contributed by atoms with E-state index in [-0.39, 0.29) is 5.69 Å². The van der Waals surface area contributed by atoms with Gasteiger partial charge < -0.3 is 0 Å². The molecule has 2 rings (SSSR count). The second-order valence-corrected chi connectivity index (χ2v) is 2.94. The minimum Gasteiger partial charge on any atom is -0.261 e. The lowest BCUT2D eigenvalue weighted by molar-refractivity contribution is -0.384. The molecule has 1 aliphatic rings. The van der Waals surface area contributed by atoms with E-state index in [4.69, 9.17) is 0 Å². The largest absolute Gasteiger partial charge is 0.269 e. The summed E-state index contributed by atoms with van der Waals surface area (Å²) in [6.07, 6.45) is 4.64. The summed E-state index contributed by atoms with van der Waals surface area (Å²) in [5.74, 6) is 0. The molecular formula is C10H8N2O2. The molecule has 1 aromatic carbocycles. The number of nitro groups is 1. The lowest BCUT2D eigenvalue weighted by atomic mass is 10.1. The van der Waals surface area contributed by atoms with Crippen molar-refractivity contribution in [1.29, 1.82) is 0 Å². The van der Waals surface area contributed by atoms with Crippen molar-refractivity contribution in [1.82, 2.24) is 0 Å². The Hall–Kier alpha value is -1.97. The first-order valence-electron chi connectivity index (χ1n) is 4.25. The fourth-order valence-corrected chi connectivity index (χ4v) is 1.31. The Balaban J connectivity index is 2.30. The molecule has 0 radical (unpaired) electrons. The molecule has 0 saturated heterocycles. The quantitative estimate of drug-likeness (QED) is 0.528. The van der Waals surface area contributed by atoms with Gasteiger partial charge in [0.05, 0.1) is 10.6 Å². The minimum atomic E-state index is -0.407. The molecule has 1 aliphatic heterocycles. The Bertz CT molecular complexity index is 418. The summed E-state index contributed by atoms with van der Waals surface area (Å²) >= 11 is 0. The van der Waals surface area contributed by atoms with Crippen molar-refractivity contribution in [3.05, 3.63) is 46.0 Å². The molecule has 0 fully saturated rings. The van der Waals surface area contributed by atoms with Crippen LogP contribution in [-0.4, -0.2) is 11.1 Å². The van der Waals surface area contributed by atoms with E-state index in [1.54, 1.807) is 12.1 Å². The van der Waals surface area contributed by atoms with Gasteiger partial charge in [-0.2, -0.15) is 0 Å². The number of hydrogen-bond donors (Lipinski definition) is 0. The molecule has 4 nitrogen and oxygen atoms in total. The Labute approximate surface area is 80.7 Å². The number of nitrogens with zero attached hydrogens (tertiary/aromatic N) is 2. The second-order valence-electron chi connectivity index (χ2n) is 2.94. The first-order chi connectivity index (χ1) is 6.77. The summed E-state index contributed by atoms with van der Waals surface area (Å²) < 4.78 is 0. The second kappa shape index (κ2) is 3.41. The van der Waals surface area contributed by atoms with Crippen LogP contribution in [0.3, 0.4) is 0 Å². The van der Waals surface area contributed by atoms with Gasteiger partial charge in [0, 0.05) is 30.3 Å². The van der Waals surface area contributed by atoms with Crippen molar-refractivity contribution in [3.63, 3.8) is 0 Å². The third-order valence-electron chi connectivity index (χ3n) is 2.02. The summed E-state index contributed by atoms with van der Waals surface area (Å²) in [5, 5.41) is 10.4. The SMILES string of the molecule is O=[N+]([O-])c1ccc(C2=CCC=N2)cc1. The first-order valence-corrected chi connectivity index (χ1v) is 4.25. The molecule has 4 heteroatoms. The molecule has 70 valence electrons. The van der Waals surface area contributed by atoms with E-state index in [1.807, 2.05) is 12.3 Å². The maximum atomic E-state index is 10.4. The number of benzene rings is 1. The number of hydrogen-bond acceptors (Lipinski definition) is 3. The highest BCUT2D eigenvalue weighted by molar-refractivity contribution is 5.81. The normalized spacial score (nSPS) is 14.1. The smallest absolute Gasteiger partial charge is 0.261 e. The summed E-state index contributed by atoms with van der Waals surface area (Å²) in [4.78, 5) is 14.1. The molecule has 14 heavy (non-hydrogen) atoms. The highest BCUT2D eigenvalue weighted by Crippen LogP contribution is 2.22. The summed E-state index contributed by atoms with van der Waals surface area (Å²) in [7, 11) is 0. The third-order valence-corrected chi connectivity index (χ3v) is 2.02. The van der Waals surface area contributed by atoms with Crippen LogP contribution in [0.15, 0.2) is 35.3 Å². The van der Waals surface area contributed by atoms with Crippen LogP contribution in [0.2, 0.25) is 0 Å². The molecule has 0 spiro atoms. The fraction of sp³-hybridized carbons (Fsp3) is 0.100. The van der Waals surface area contributed by atoms with Crippen LogP contribution >= 0.6 is 0 Å². The van der Waals surface area contributed by atoms with Crippen molar-refractivity contribution in [2.24, 2.45) is 4.99 Å². The number of nitro benzene ring substituents is 1. The molecule has 0 bridgehead atoms. The number of non-ortho nitro benzene ring substituents is 1. The van der Waals surface area contributed by atoms with Gasteiger partial charge >= 0.3 is 0 Å². The Morgan fingerprint density at radius 3 is 2.50 bits per heavy atom. The van der Waals surface area contributed by atoms with Crippen molar-refractivity contribution < 1.29 is 4.92 Å². The van der Waals surface area contributed by atoms with E-state index < -0.39 is 4.92 Å². The standard InChI is InChI=1S/C10H8N2O2/c13-12(14)9-5-3-8(4-6-9)10-2-1-7-11-10/h2-7H,1H2. The third kappa shape index (κ3) is 1.54. The van der Waals surface area contributed by atoms with E-state index in [2.05, 4.69) is 4.99 Å². The van der Waals surface area contributed by atoms with E-state index in [1.165, 1.54) is 12.1 Å². The van der Waals surface area contributed by atoms with Gasteiger partial charge in [-0.1, -0.05) is 6.08 Å². The topological polar surface area (TPSA) is 55.5 Å². The van der Waals surface area contributed by atoms with Crippen LogP contribution < -0.4 is 0 Å². The van der Waals surface area contributed by atoms with Gasteiger partial charge in [0.1, 0.15) is 0 Å². The zero-order valence-corrected chi connectivity index (χ0v) is 7.38. The molecule has 1 aromatic rings. The molecule has 0 atom stereocenters. The average Bonchev–Trinajstić information content (AvgIpc) is 2.71. The zero-order valence-electron chi connectivity index (χ0n) is 7.38. The van der Waals surface area contributed by atoms with E-state index in [9.17, 15) is 10.1 Å². The highest BCUT2D eigenvalue weighted by Gasteiger charge is 2.07. The van der Waals surface area contributed by atoms with Crippen LogP contribution in [-0.2, 0) is 0 Å². The molecule has 0 unspecified atom stereocenters. The van der Waals surface area contributed by atoms with Gasteiger partial charge in [-0.15, -0.1) is 0 Å². The molecule has 0 aliphatic carbocycles. The van der Waals surface area contributed by atoms with Crippen molar-refractivity contribution in [2.75, 3.05) is 0 Å². The summed E-state index contributed by atoms with van der Waals surface area (Å²) in [6, 6.07) is 6.41. The number of rotatable bonds is 2. The number of aliphatic imine (C=N–C) groups is 1. The Kier molecular flexibility index (Phi) is 2.10. The molecular weight excluding hydrogens is 180 g/mol. The number of allylic oxidation sites excluding steroid dienone is 1. The van der Waals surface area contributed by atoms with Crippen LogP contribution in [0.5, 0.6) is 0 Å². The van der Waals surface area contributed by atoms with Crippen LogP contribution in [0.1, 0.15) is 12.0 Å². The lowest BCUT2D eigenvalue weighted by Gasteiger charge is -1.97. The molecule has 0 aromatic heterocycles. The summed E-state index contributed by atoms with van der Waals surface area (Å²) in [6.45, 7) is 0. The Morgan fingerprint density at radius 1 is 1.29 bits per heavy atom. The van der Waals surface area contributed by atoms with Gasteiger partial charge in [0.2, 0.25) is 0 Å². The van der Waals surface area contributed by atoms with E-state index in [0.717, 1.165) is 17.7 Å². The first kappa shape index (κ1) is 8.62. The Morgan fingerprint density at radius 2 is 2.00 bits per heavy atom. The fourth-order valence-electron chi connectivity index (χ4n) is 1.31. The summed E-state index contributed by atoms with van der Waals surface area (Å²) in [5.41, 5.74) is 1.92. The van der Waals surface area contributed by atoms with Crippen molar-refractivity contribution >= 4 is 17.6 Å². The molecule has 0 N–H and O–H groups in total. The van der Waals surface area contributed by atoms with E-state index in [0.29, 0.717) is 0 Å². The molecule has 0 saturated carbocycles. The van der Waals surface area contributed by atoms with Gasteiger partial charge in [-0.3, -0.25) is 15.1 Å². The zero-order chi connectivity index (χ0) is 9.97. The minimum absolute atomic E-state index is 0.108.